The molecule has 2 aromatic carbocycles. The van der Waals surface area contributed by atoms with Crippen LogP contribution >= 0.6 is 11.6 Å². The SMILES string of the molecule is Cc1c(Cl)ccc2c1C(=O)N(c1ccc3c(c1)OCO3)C2C#N. The summed E-state index contributed by atoms with van der Waals surface area (Å²) in [6.07, 6.45) is 0. The highest BCUT2D eigenvalue weighted by Crippen LogP contribution is 2.43. The third-order valence-electron chi connectivity index (χ3n) is 4.17. The van der Waals surface area contributed by atoms with Gasteiger partial charge in [-0.1, -0.05) is 17.7 Å². The number of amides is 1. The molecule has 0 saturated heterocycles. The molecule has 5 nitrogen and oxygen atoms in total. The van der Waals surface area contributed by atoms with Crippen molar-refractivity contribution in [3.05, 3.63) is 52.0 Å². The second-order valence-electron chi connectivity index (χ2n) is 5.38. The van der Waals surface area contributed by atoms with Crippen LogP contribution in [0.3, 0.4) is 0 Å². The van der Waals surface area contributed by atoms with E-state index in [9.17, 15) is 10.1 Å². The number of nitriles is 1. The molecule has 23 heavy (non-hydrogen) atoms. The highest BCUT2D eigenvalue weighted by Gasteiger charge is 2.39. The minimum absolute atomic E-state index is 0.156. The number of hydrogen-bond acceptors (Lipinski definition) is 4. The van der Waals surface area contributed by atoms with E-state index in [1.807, 2.05) is 0 Å². The molecule has 0 aromatic heterocycles. The van der Waals surface area contributed by atoms with E-state index < -0.39 is 6.04 Å². The summed E-state index contributed by atoms with van der Waals surface area (Å²) in [6, 6.07) is 10.2. The normalized spacial score (nSPS) is 18.0. The predicted molar refractivity (Wildman–Crippen MR) is 83.9 cm³/mol. The monoisotopic (exact) mass is 326 g/mol. The first-order valence-electron chi connectivity index (χ1n) is 7.03. The lowest BCUT2D eigenvalue weighted by Gasteiger charge is -2.20. The van der Waals surface area contributed by atoms with E-state index >= 15 is 0 Å². The maximum atomic E-state index is 12.9. The van der Waals surface area contributed by atoms with Crippen molar-refractivity contribution in [1.29, 1.82) is 5.26 Å². The second-order valence-corrected chi connectivity index (χ2v) is 5.79. The Bertz CT molecular complexity index is 888. The zero-order valence-electron chi connectivity index (χ0n) is 12.2. The largest absolute Gasteiger partial charge is 0.454 e. The fourth-order valence-electron chi connectivity index (χ4n) is 3.02. The van der Waals surface area contributed by atoms with Gasteiger partial charge in [-0.15, -0.1) is 0 Å². The van der Waals surface area contributed by atoms with Gasteiger partial charge < -0.3 is 9.47 Å². The first-order valence-corrected chi connectivity index (χ1v) is 7.41. The maximum absolute atomic E-state index is 12.9. The number of nitrogens with zero attached hydrogens (tertiary/aromatic N) is 2. The molecule has 0 bridgehead atoms. The van der Waals surface area contributed by atoms with Gasteiger partial charge in [-0.3, -0.25) is 9.69 Å². The first-order chi connectivity index (χ1) is 11.1. The maximum Gasteiger partial charge on any atom is 0.260 e. The summed E-state index contributed by atoms with van der Waals surface area (Å²) in [6.45, 7) is 1.94. The third-order valence-corrected chi connectivity index (χ3v) is 4.58. The molecule has 1 unspecified atom stereocenters. The van der Waals surface area contributed by atoms with Crippen LogP contribution in [0.2, 0.25) is 5.02 Å². The number of anilines is 1. The summed E-state index contributed by atoms with van der Waals surface area (Å²) in [4.78, 5) is 14.4. The van der Waals surface area contributed by atoms with Gasteiger partial charge in [-0.05, 0) is 30.7 Å². The molecule has 0 saturated carbocycles. The fourth-order valence-corrected chi connectivity index (χ4v) is 3.18. The van der Waals surface area contributed by atoms with E-state index in [0.717, 1.165) is 0 Å². The Morgan fingerprint density at radius 3 is 2.83 bits per heavy atom. The smallest absolute Gasteiger partial charge is 0.260 e. The van der Waals surface area contributed by atoms with Gasteiger partial charge in [0, 0.05) is 22.3 Å². The molecule has 0 spiro atoms. The highest BCUT2D eigenvalue weighted by atomic mass is 35.5. The highest BCUT2D eigenvalue weighted by molar-refractivity contribution is 6.32. The van der Waals surface area contributed by atoms with E-state index in [1.165, 1.54) is 4.90 Å². The molecular formula is C17H11ClN2O3. The number of rotatable bonds is 1. The Morgan fingerprint density at radius 1 is 1.26 bits per heavy atom. The van der Waals surface area contributed by atoms with Crippen LogP contribution in [-0.4, -0.2) is 12.7 Å². The first kappa shape index (κ1) is 13.9. The molecule has 2 aliphatic heterocycles. The number of ether oxygens (including phenoxy) is 2. The molecule has 0 fully saturated rings. The molecule has 4 rings (SSSR count). The van der Waals surface area contributed by atoms with Gasteiger partial charge in [0.05, 0.1) is 11.6 Å². The standard InChI is InChI=1S/C17H11ClN2O3/c1-9-12(18)4-3-11-13(7-19)20(17(21)16(9)11)10-2-5-14-15(6-10)23-8-22-14/h2-6,13H,8H2,1H3. The molecule has 1 amide bonds. The van der Waals surface area contributed by atoms with Crippen molar-refractivity contribution in [2.75, 3.05) is 11.7 Å². The van der Waals surface area contributed by atoms with Crippen molar-refractivity contribution in [3.8, 4) is 17.6 Å². The minimum atomic E-state index is -0.686. The van der Waals surface area contributed by atoms with Gasteiger partial charge in [0.15, 0.2) is 17.5 Å². The number of benzene rings is 2. The van der Waals surface area contributed by atoms with E-state index in [1.54, 1.807) is 37.3 Å². The van der Waals surface area contributed by atoms with Crippen LogP contribution in [0.4, 0.5) is 5.69 Å². The van der Waals surface area contributed by atoms with E-state index in [-0.39, 0.29) is 12.7 Å². The van der Waals surface area contributed by atoms with Crippen LogP contribution in [-0.2, 0) is 0 Å². The molecule has 2 heterocycles. The van der Waals surface area contributed by atoms with E-state index in [4.69, 9.17) is 21.1 Å². The molecule has 2 aromatic rings. The molecule has 114 valence electrons. The summed E-state index contributed by atoms with van der Waals surface area (Å²) in [5.74, 6) is 0.966. The Labute approximate surface area is 137 Å². The number of halogens is 1. The molecule has 0 radical (unpaired) electrons. The van der Waals surface area contributed by atoms with Crippen LogP contribution in [0, 0.1) is 18.3 Å². The molecule has 2 aliphatic rings. The van der Waals surface area contributed by atoms with Gasteiger partial charge in [0.25, 0.3) is 5.91 Å². The van der Waals surface area contributed by atoms with Crippen molar-refractivity contribution in [3.63, 3.8) is 0 Å². The third kappa shape index (κ3) is 1.89. The average Bonchev–Trinajstić information content (AvgIpc) is 3.12. The summed E-state index contributed by atoms with van der Waals surface area (Å²) in [7, 11) is 0. The van der Waals surface area contributed by atoms with Gasteiger partial charge in [-0.25, -0.2) is 0 Å². The lowest BCUT2D eigenvalue weighted by molar-refractivity contribution is 0.0994. The van der Waals surface area contributed by atoms with Crippen molar-refractivity contribution < 1.29 is 14.3 Å². The van der Waals surface area contributed by atoms with Crippen molar-refractivity contribution in [2.45, 2.75) is 13.0 Å². The fraction of sp³-hybridized carbons (Fsp3) is 0.176. The number of fused-ring (bicyclic) bond motifs is 2. The Hall–Kier alpha value is -2.71. The summed E-state index contributed by atoms with van der Waals surface area (Å²) >= 11 is 6.13. The molecule has 0 aliphatic carbocycles. The Kier molecular flexibility index (Phi) is 2.97. The van der Waals surface area contributed by atoms with E-state index in [2.05, 4.69) is 6.07 Å². The molecule has 6 heteroatoms. The van der Waals surface area contributed by atoms with Crippen LogP contribution in [0.25, 0.3) is 0 Å². The molecule has 0 N–H and O–H groups in total. The Balaban J connectivity index is 1.86. The van der Waals surface area contributed by atoms with Crippen LogP contribution in [0.1, 0.15) is 27.5 Å². The van der Waals surface area contributed by atoms with Gasteiger partial charge in [-0.2, -0.15) is 5.26 Å². The lowest BCUT2D eigenvalue weighted by atomic mass is 10.0. The summed E-state index contributed by atoms with van der Waals surface area (Å²) in [5, 5.41) is 10.1. The van der Waals surface area contributed by atoms with Gasteiger partial charge in [0.2, 0.25) is 6.79 Å². The molecule has 1 atom stereocenters. The van der Waals surface area contributed by atoms with Crippen molar-refractivity contribution in [1.82, 2.24) is 0 Å². The van der Waals surface area contributed by atoms with Crippen LogP contribution in [0.5, 0.6) is 11.5 Å². The van der Waals surface area contributed by atoms with E-state index in [0.29, 0.717) is 38.9 Å². The summed E-state index contributed by atoms with van der Waals surface area (Å²) in [5.41, 5.74) is 2.47. The average molecular weight is 327 g/mol. The number of hydrogen-bond donors (Lipinski definition) is 0. The summed E-state index contributed by atoms with van der Waals surface area (Å²) < 4.78 is 10.6. The number of carbonyl (C=O) groups excluding carboxylic acids is 1. The zero-order chi connectivity index (χ0) is 16.1. The number of carbonyl (C=O) groups is 1. The predicted octanol–water partition coefficient (Wildman–Crippen LogP) is 3.60. The topological polar surface area (TPSA) is 62.6 Å². The second kappa shape index (κ2) is 4.90. The van der Waals surface area contributed by atoms with Gasteiger partial charge in [0.1, 0.15) is 0 Å². The van der Waals surface area contributed by atoms with Crippen molar-refractivity contribution >= 4 is 23.2 Å². The zero-order valence-corrected chi connectivity index (χ0v) is 12.9. The Morgan fingerprint density at radius 2 is 2.04 bits per heavy atom. The quantitative estimate of drug-likeness (QED) is 0.803. The van der Waals surface area contributed by atoms with Crippen LogP contribution < -0.4 is 14.4 Å². The van der Waals surface area contributed by atoms with Crippen LogP contribution in [0.15, 0.2) is 30.3 Å². The lowest BCUT2D eigenvalue weighted by Crippen LogP contribution is -2.27. The van der Waals surface area contributed by atoms with Crippen molar-refractivity contribution in [2.24, 2.45) is 0 Å². The molecular weight excluding hydrogens is 316 g/mol. The minimum Gasteiger partial charge on any atom is -0.454 e. The van der Waals surface area contributed by atoms with Gasteiger partial charge >= 0.3 is 0 Å².